The number of ether oxygens (including phenoxy) is 3. The predicted octanol–water partition coefficient (Wildman–Crippen LogP) is 0.603. The van der Waals surface area contributed by atoms with Crippen LogP contribution in [0.5, 0.6) is 5.75 Å². The zero-order chi connectivity index (χ0) is 14.3. The molecule has 0 aliphatic rings. The van der Waals surface area contributed by atoms with E-state index in [9.17, 15) is 19.7 Å². The van der Waals surface area contributed by atoms with Crippen LogP contribution in [0.25, 0.3) is 0 Å². The molecule has 0 aliphatic heterocycles. The van der Waals surface area contributed by atoms with Crippen LogP contribution in [0.3, 0.4) is 0 Å². The maximum Gasteiger partial charge on any atom is 0.516 e. The average Bonchev–Trinajstić information content (AvgIpc) is 2.39. The van der Waals surface area contributed by atoms with Gasteiger partial charge in [0, 0.05) is 12.1 Å². The van der Waals surface area contributed by atoms with Gasteiger partial charge in [-0.05, 0) is 12.1 Å². The third-order valence-electron chi connectivity index (χ3n) is 1.77. The molecule has 0 aliphatic carbocycles. The van der Waals surface area contributed by atoms with Gasteiger partial charge >= 0.3 is 12.1 Å². The van der Waals surface area contributed by atoms with Gasteiger partial charge in [-0.15, -0.1) is 0 Å². The number of carbonyl (C=O) groups excluding carboxylic acids is 2. The van der Waals surface area contributed by atoms with E-state index in [0.717, 1.165) is 12.1 Å². The first-order valence-corrected chi connectivity index (χ1v) is 4.88. The molecule has 0 unspecified atom stereocenters. The van der Waals surface area contributed by atoms with Gasteiger partial charge < -0.3 is 19.3 Å². The van der Waals surface area contributed by atoms with E-state index in [1.807, 2.05) is 0 Å². The molecule has 0 heterocycles. The summed E-state index contributed by atoms with van der Waals surface area (Å²) >= 11 is 0. The molecule has 19 heavy (non-hydrogen) atoms. The molecule has 9 nitrogen and oxygen atoms in total. The van der Waals surface area contributed by atoms with Gasteiger partial charge in [-0.1, -0.05) is 0 Å². The Kier molecular flexibility index (Phi) is 5.23. The maximum atomic E-state index is 11.1. The SMILES string of the molecule is O=C(CO)OCOC(=O)Oc1ccc([N+](=O)[O-])cc1. The highest BCUT2D eigenvalue weighted by Crippen LogP contribution is 2.17. The Bertz CT molecular complexity index is 469. The number of rotatable bonds is 5. The number of benzene rings is 1. The Morgan fingerprint density at radius 1 is 1.21 bits per heavy atom. The lowest BCUT2D eigenvalue weighted by Crippen LogP contribution is -2.17. The molecule has 1 N–H and O–H groups in total. The number of aliphatic hydroxyl groups excluding tert-OH is 1. The van der Waals surface area contributed by atoms with Crippen molar-refractivity contribution in [2.45, 2.75) is 0 Å². The van der Waals surface area contributed by atoms with Gasteiger partial charge in [-0.3, -0.25) is 10.1 Å². The summed E-state index contributed by atoms with van der Waals surface area (Å²) in [7, 11) is 0. The number of hydrogen-bond donors (Lipinski definition) is 1. The van der Waals surface area contributed by atoms with E-state index < -0.39 is 30.4 Å². The van der Waals surface area contributed by atoms with Gasteiger partial charge in [0.1, 0.15) is 12.4 Å². The van der Waals surface area contributed by atoms with Gasteiger partial charge in [0.05, 0.1) is 4.92 Å². The van der Waals surface area contributed by atoms with Crippen molar-refractivity contribution in [3.63, 3.8) is 0 Å². The van der Waals surface area contributed by atoms with Gasteiger partial charge in [0.2, 0.25) is 6.79 Å². The van der Waals surface area contributed by atoms with E-state index in [4.69, 9.17) is 5.11 Å². The molecule has 1 aromatic rings. The maximum absolute atomic E-state index is 11.1. The first-order chi connectivity index (χ1) is 9.02. The lowest BCUT2D eigenvalue weighted by molar-refractivity contribution is -0.384. The molecule has 1 rings (SSSR count). The molecule has 0 atom stereocenters. The smallest absolute Gasteiger partial charge is 0.426 e. The molecule has 0 spiro atoms. The fourth-order valence-electron chi connectivity index (χ4n) is 0.951. The van der Waals surface area contributed by atoms with Gasteiger partial charge in [-0.25, -0.2) is 9.59 Å². The second-order valence-corrected chi connectivity index (χ2v) is 3.04. The van der Waals surface area contributed by atoms with E-state index in [-0.39, 0.29) is 11.4 Å². The number of hydrogen-bond acceptors (Lipinski definition) is 8. The number of esters is 1. The fraction of sp³-hybridized carbons (Fsp3) is 0.200. The summed E-state index contributed by atoms with van der Waals surface area (Å²) in [4.78, 5) is 31.3. The second kappa shape index (κ2) is 6.91. The van der Waals surface area contributed by atoms with Crippen LogP contribution in [0.15, 0.2) is 24.3 Å². The van der Waals surface area contributed by atoms with E-state index >= 15 is 0 Å². The van der Waals surface area contributed by atoms with E-state index in [1.165, 1.54) is 12.1 Å². The largest absolute Gasteiger partial charge is 0.516 e. The highest BCUT2D eigenvalue weighted by molar-refractivity contribution is 5.70. The summed E-state index contributed by atoms with van der Waals surface area (Å²) in [5.74, 6) is -0.924. The number of carbonyl (C=O) groups is 2. The van der Waals surface area contributed by atoms with Crippen LogP contribution in [0.4, 0.5) is 10.5 Å². The van der Waals surface area contributed by atoms with Crippen molar-refractivity contribution in [1.82, 2.24) is 0 Å². The molecular weight excluding hydrogens is 262 g/mol. The van der Waals surface area contributed by atoms with Crippen molar-refractivity contribution in [2.75, 3.05) is 13.4 Å². The van der Waals surface area contributed by atoms with Crippen molar-refractivity contribution in [3.05, 3.63) is 34.4 Å². The zero-order valence-electron chi connectivity index (χ0n) is 9.48. The number of nitro benzene ring substituents is 1. The minimum absolute atomic E-state index is 0.0316. The summed E-state index contributed by atoms with van der Waals surface area (Å²) in [5, 5.41) is 18.7. The van der Waals surface area contributed by atoms with Gasteiger partial charge in [-0.2, -0.15) is 0 Å². The standard InChI is InChI=1S/C10H9NO8/c12-5-9(13)17-6-18-10(14)19-8-3-1-7(2-4-8)11(15)16/h1-4,12H,5-6H2. The summed E-state index contributed by atoms with van der Waals surface area (Å²) in [6, 6.07) is 4.71. The minimum atomic E-state index is -1.15. The van der Waals surface area contributed by atoms with Crippen LogP contribution in [0, 0.1) is 10.1 Å². The van der Waals surface area contributed by atoms with Gasteiger partial charge in [0.15, 0.2) is 0 Å². The van der Waals surface area contributed by atoms with Crippen molar-refractivity contribution in [1.29, 1.82) is 0 Å². The molecule has 0 bridgehead atoms. The fourth-order valence-corrected chi connectivity index (χ4v) is 0.951. The summed E-state index contributed by atoms with van der Waals surface area (Å²) in [6.45, 7) is -1.54. The molecule has 0 aromatic heterocycles. The van der Waals surface area contributed by atoms with Crippen molar-refractivity contribution in [3.8, 4) is 5.75 Å². The Labute approximate surface area is 106 Å². The highest BCUT2D eigenvalue weighted by Gasteiger charge is 2.10. The van der Waals surface area contributed by atoms with Crippen molar-refractivity contribution >= 4 is 17.8 Å². The van der Waals surface area contributed by atoms with Crippen LogP contribution in [0.1, 0.15) is 0 Å². The van der Waals surface area contributed by atoms with Crippen LogP contribution in [-0.4, -0.2) is 35.6 Å². The summed E-state index contributed by atoms with van der Waals surface area (Å²) < 4.78 is 13.2. The third kappa shape index (κ3) is 5.00. The Balaban J connectivity index is 2.40. The zero-order valence-corrected chi connectivity index (χ0v) is 9.48. The Morgan fingerprint density at radius 2 is 1.84 bits per heavy atom. The van der Waals surface area contributed by atoms with E-state index in [0.29, 0.717) is 0 Å². The summed E-state index contributed by atoms with van der Waals surface area (Å²) in [5.41, 5.74) is -0.155. The number of nitro groups is 1. The number of nitrogens with zero attached hydrogens (tertiary/aromatic N) is 1. The molecule has 0 fully saturated rings. The van der Waals surface area contributed by atoms with Crippen molar-refractivity contribution in [2.24, 2.45) is 0 Å². The summed E-state index contributed by atoms with van der Waals surface area (Å²) in [6.07, 6.45) is -1.15. The predicted molar refractivity (Wildman–Crippen MR) is 58.3 cm³/mol. The first-order valence-electron chi connectivity index (χ1n) is 4.88. The topological polar surface area (TPSA) is 125 Å². The molecule has 1 aromatic carbocycles. The number of non-ortho nitro benzene ring substituents is 1. The lowest BCUT2D eigenvalue weighted by atomic mass is 10.3. The minimum Gasteiger partial charge on any atom is -0.426 e. The average molecular weight is 271 g/mol. The molecule has 0 saturated heterocycles. The van der Waals surface area contributed by atoms with Crippen LogP contribution in [-0.2, 0) is 14.3 Å². The quantitative estimate of drug-likeness (QED) is 0.271. The molecule has 0 amide bonds. The van der Waals surface area contributed by atoms with Crippen LogP contribution >= 0.6 is 0 Å². The monoisotopic (exact) mass is 271 g/mol. The lowest BCUT2D eigenvalue weighted by Gasteiger charge is -2.05. The molecule has 0 radical (unpaired) electrons. The Morgan fingerprint density at radius 3 is 2.37 bits per heavy atom. The van der Waals surface area contributed by atoms with Crippen LogP contribution in [0.2, 0.25) is 0 Å². The van der Waals surface area contributed by atoms with E-state index in [1.54, 1.807) is 0 Å². The number of aliphatic hydroxyl groups is 1. The molecule has 9 heteroatoms. The highest BCUT2D eigenvalue weighted by atomic mass is 16.8. The van der Waals surface area contributed by atoms with Crippen LogP contribution < -0.4 is 4.74 Å². The first kappa shape index (κ1) is 14.4. The molecular formula is C10H9NO8. The van der Waals surface area contributed by atoms with E-state index in [2.05, 4.69) is 14.2 Å². The molecule has 102 valence electrons. The third-order valence-corrected chi connectivity index (χ3v) is 1.77. The Hall–Kier alpha value is -2.68. The molecule has 0 saturated carbocycles. The van der Waals surface area contributed by atoms with Gasteiger partial charge in [0.25, 0.3) is 5.69 Å². The normalized spacial score (nSPS) is 9.53. The second-order valence-electron chi connectivity index (χ2n) is 3.04. The van der Waals surface area contributed by atoms with Crippen molar-refractivity contribution < 1.29 is 33.8 Å².